The minimum Gasteiger partial charge on any atom is -0.505 e. The molecule has 2 aromatic carbocycles. The van der Waals surface area contributed by atoms with E-state index in [0.29, 0.717) is 6.42 Å². The molecule has 1 unspecified atom stereocenters. The van der Waals surface area contributed by atoms with Crippen molar-refractivity contribution in [1.29, 1.82) is 0 Å². The fourth-order valence-corrected chi connectivity index (χ4v) is 4.32. The van der Waals surface area contributed by atoms with Gasteiger partial charge in [0.05, 0.1) is 11.4 Å². The van der Waals surface area contributed by atoms with Gasteiger partial charge in [0, 0.05) is 16.6 Å². The van der Waals surface area contributed by atoms with E-state index < -0.39 is 35.2 Å². The third-order valence-electron chi connectivity index (χ3n) is 6.05. The molecule has 0 amide bonds. The first-order chi connectivity index (χ1) is 14.3. The SMILES string of the molecule is Cc1c(C(CC2CCC2)C(=O)O)c2c(F)c(O)ccc2n1C(=O)c1cccc(F)c1. The third-order valence-corrected chi connectivity index (χ3v) is 6.05. The molecule has 1 saturated carbocycles. The summed E-state index contributed by atoms with van der Waals surface area (Å²) in [6.45, 7) is 1.56. The minimum atomic E-state index is -1.11. The minimum absolute atomic E-state index is 0.0564. The number of aliphatic carboxylic acids is 1. The number of rotatable bonds is 5. The van der Waals surface area contributed by atoms with Gasteiger partial charge < -0.3 is 10.2 Å². The number of carboxylic acid groups (broad SMARTS) is 1. The van der Waals surface area contributed by atoms with Crippen LogP contribution in [0.15, 0.2) is 36.4 Å². The molecule has 1 aliphatic rings. The van der Waals surface area contributed by atoms with Crippen molar-refractivity contribution in [2.45, 2.75) is 38.5 Å². The second-order valence-electron chi connectivity index (χ2n) is 7.87. The number of fused-ring (bicyclic) bond motifs is 1. The lowest BCUT2D eigenvalue weighted by molar-refractivity contribution is -0.139. The zero-order chi connectivity index (χ0) is 21.6. The maximum absolute atomic E-state index is 15.0. The van der Waals surface area contributed by atoms with E-state index in [2.05, 4.69) is 0 Å². The van der Waals surface area contributed by atoms with Crippen molar-refractivity contribution in [3.05, 3.63) is 64.9 Å². The van der Waals surface area contributed by atoms with E-state index in [1.165, 1.54) is 28.8 Å². The maximum Gasteiger partial charge on any atom is 0.311 e. The Labute approximate surface area is 171 Å². The monoisotopic (exact) mass is 413 g/mol. The lowest BCUT2D eigenvalue weighted by Gasteiger charge is -2.28. The number of aromatic hydroxyl groups is 1. The Kier molecular flexibility index (Phi) is 5.05. The summed E-state index contributed by atoms with van der Waals surface area (Å²) < 4.78 is 29.9. The number of hydrogen-bond donors (Lipinski definition) is 2. The Morgan fingerprint density at radius 2 is 1.93 bits per heavy atom. The fraction of sp³-hybridized carbons (Fsp3) is 0.304. The molecule has 0 spiro atoms. The van der Waals surface area contributed by atoms with Crippen molar-refractivity contribution in [3.63, 3.8) is 0 Å². The number of phenols is 1. The Hall–Kier alpha value is -3.22. The second kappa shape index (κ2) is 7.55. The topological polar surface area (TPSA) is 79.5 Å². The highest BCUT2D eigenvalue weighted by Crippen LogP contribution is 2.42. The Morgan fingerprint density at radius 3 is 2.53 bits per heavy atom. The zero-order valence-corrected chi connectivity index (χ0v) is 16.4. The number of hydrogen-bond acceptors (Lipinski definition) is 3. The van der Waals surface area contributed by atoms with Crippen molar-refractivity contribution < 1.29 is 28.6 Å². The van der Waals surface area contributed by atoms with Gasteiger partial charge in [-0.15, -0.1) is 0 Å². The molecule has 30 heavy (non-hydrogen) atoms. The summed E-state index contributed by atoms with van der Waals surface area (Å²) in [4.78, 5) is 25.3. The average Bonchev–Trinajstić information content (AvgIpc) is 2.95. The van der Waals surface area contributed by atoms with Crippen LogP contribution in [0.4, 0.5) is 8.78 Å². The van der Waals surface area contributed by atoms with Crippen LogP contribution in [-0.2, 0) is 4.79 Å². The standard InChI is InChI=1S/C23H21F2NO4/c1-12-19(16(23(29)30)10-13-4-2-5-13)20-17(8-9-18(27)21(20)25)26(12)22(28)14-6-3-7-15(24)11-14/h3,6-9,11,13,16,27H,2,4-5,10H2,1H3,(H,29,30). The highest BCUT2D eigenvalue weighted by atomic mass is 19.1. The second-order valence-corrected chi connectivity index (χ2v) is 7.87. The Bertz CT molecular complexity index is 1160. The number of benzene rings is 2. The van der Waals surface area contributed by atoms with Crippen LogP contribution in [0, 0.1) is 24.5 Å². The summed E-state index contributed by atoms with van der Waals surface area (Å²) in [6, 6.07) is 7.62. The summed E-state index contributed by atoms with van der Waals surface area (Å²) in [5.74, 6) is -4.67. The summed E-state index contributed by atoms with van der Waals surface area (Å²) in [5.41, 5.74) is 0.658. The Balaban J connectivity index is 1.96. The number of phenolic OH excluding ortho intramolecular Hbond substituents is 1. The maximum atomic E-state index is 15.0. The lowest BCUT2D eigenvalue weighted by Crippen LogP contribution is -2.21. The molecular formula is C23H21F2NO4. The molecule has 1 aliphatic carbocycles. The molecule has 2 N–H and O–H groups in total. The Morgan fingerprint density at radius 1 is 1.20 bits per heavy atom. The van der Waals surface area contributed by atoms with Crippen molar-refractivity contribution >= 4 is 22.8 Å². The van der Waals surface area contributed by atoms with Crippen LogP contribution in [0.1, 0.15) is 53.2 Å². The van der Waals surface area contributed by atoms with E-state index in [-0.39, 0.29) is 33.6 Å². The summed E-state index contributed by atoms with van der Waals surface area (Å²) in [7, 11) is 0. The molecule has 7 heteroatoms. The highest BCUT2D eigenvalue weighted by Gasteiger charge is 2.34. The van der Waals surface area contributed by atoms with E-state index in [0.717, 1.165) is 31.4 Å². The van der Waals surface area contributed by atoms with E-state index in [4.69, 9.17) is 0 Å². The molecule has 0 saturated heterocycles. The van der Waals surface area contributed by atoms with Gasteiger partial charge in [-0.2, -0.15) is 0 Å². The molecule has 0 aliphatic heterocycles. The first kappa shape index (κ1) is 20.1. The van der Waals surface area contributed by atoms with E-state index in [9.17, 15) is 24.2 Å². The number of aromatic nitrogens is 1. The molecule has 1 heterocycles. The number of carbonyl (C=O) groups excluding carboxylic acids is 1. The van der Waals surface area contributed by atoms with Crippen LogP contribution < -0.4 is 0 Å². The van der Waals surface area contributed by atoms with Crippen LogP contribution in [0.25, 0.3) is 10.9 Å². The molecule has 3 aromatic rings. The molecule has 156 valence electrons. The lowest BCUT2D eigenvalue weighted by atomic mass is 9.76. The quantitative estimate of drug-likeness (QED) is 0.618. The number of halogens is 2. The number of nitrogens with zero attached hydrogens (tertiary/aromatic N) is 1. The van der Waals surface area contributed by atoms with Crippen molar-refractivity contribution in [1.82, 2.24) is 4.57 Å². The van der Waals surface area contributed by atoms with E-state index in [1.54, 1.807) is 6.92 Å². The smallest absolute Gasteiger partial charge is 0.311 e. The van der Waals surface area contributed by atoms with Crippen LogP contribution in [0.2, 0.25) is 0 Å². The van der Waals surface area contributed by atoms with Gasteiger partial charge in [0.1, 0.15) is 5.82 Å². The van der Waals surface area contributed by atoms with Gasteiger partial charge >= 0.3 is 5.97 Å². The predicted octanol–water partition coefficient (Wildman–Crippen LogP) is 4.98. The largest absolute Gasteiger partial charge is 0.505 e. The van der Waals surface area contributed by atoms with E-state index in [1.807, 2.05) is 0 Å². The van der Waals surface area contributed by atoms with Crippen LogP contribution in [-0.4, -0.2) is 26.7 Å². The third kappa shape index (κ3) is 3.24. The average molecular weight is 413 g/mol. The van der Waals surface area contributed by atoms with Crippen LogP contribution in [0.5, 0.6) is 5.75 Å². The van der Waals surface area contributed by atoms with E-state index >= 15 is 4.39 Å². The molecule has 1 fully saturated rings. The van der Waals surface area contributed by atoms with Crippen molar-refractivity contribution in [3.8, 4) is 5.75 Å². The van der Waals surface area contributed by atoms with Crippen LogP contribution >= 0.6 is 0 Å². The summed E-state index contributed by atoms with van der Waals surface area (Å²) in [6.07, 6.45) is 3.19. The molecule has 1 atom stereocenters. The van der Waals surface area contributed by atoms with Gasteiger partial charge in [-0.05, 0) is 55.2 Å². The van der Waals surface area contributed by atoms with Crippen LogP contribution in [0.3, 0.4) is 0 Å². The molecule has 0 bridgehead atoms. The first-order valence-corrected chi connectivity index (χ1v) is 9.85. The van der Waals surface area contributed by atoms with Gasteiger partial charge in [0.25, 0.3) is 5.91 Å². The van der Waals surface area contributed by atoms with Gasteiger partial charge in [0.15, 0.2) is 11.6 Å². The van der Waals surface area contributed by atoms with Gasteiger partial charge in [-0.3, -0.25) is 14.2 Å². The molecule has 1 aromatic heterocycles. The molecule has 4 rings (SSSR count). The zero-order valence-electron chi connectivity index (χ0n) is 16.4. The molecule has 5 nitrogen and oxygen atoms in total. The number of carboxylic acids is 1. The highest BCUT2D eigenvalue weighted by molar-refractivity contribution is 6.05. The summed E-state index contributed by atoms with van der Waals surface area (Å²) in [5, 5.41) is 19.8. The van der Waals surface area contributed by atoms with Gasteiger partial charge in [-0.25, -0.2) is 8.78 Å². The van der Waals surface area contributed by atoms with Gasteiger partial charge in [-0.1, -0.05) is 25.3 Å². The van der Waals surface area contributed by atoms with Crippen molar-refractivity contribution in [2.75, 3.05) is 0 Å². The van der Waals surface area contributed by atoms with Crippen molar-refractivity contribution in [2.24, 2.45) is 5.92 Å². The fourth-order valence-electron chi connectivity index (χ4n) is 4.32. The molecular weight excluding hydrogens is 392 g/mol. The van der Waals surface area contributed by atoms with Gasteiger partial charge in [0.2, 0.25) is 0 Å². The number of carbonyl (C=O) groups is 2. The normalized spacial score (nSPS) is 15.2. The first-order valence-electron chi connectivity index (χ1n) is 9.85. The molecule has 0 radical (unpaired) electrons. The summed E-state index contributed by atoms with van der Waals surface area (Å²) >= 11 is 0. The predicted molar refractivity (Wildman–Crippen MR) is 107 cm³/mol.